The largest absolute Gasteiger partial charge is 0.508 e. The van der Waals surface area contributed by atoms with E-state index < -0.39 is 5.97 Å². The minimum absolute atomic E-state index is 0.0661. The fraction of sp³-hybridized carbons (Fsp3) is 0.100. The first kappa shape index (κ1) is 17.5. The number of ether oxygens (including phenoxy) is 1. The smallest absolute Gasteiger partial charge is 0.338 e. The molecule has 0 aliphatic rings. The van der Waals surface area contributed by atoms with E-state index in [-0.39, 0.29) is 24.1 Å². The SMILES string of the molecule is Cc1onc(-c2ccccc2)c1-c1nnc(COC(=O)c2ccc(O)cc2)o1. The first-order valence-corrected chi connectivity index (χ1v) is 8.42. The molecular weight excluding hydrogens is 362 g/mol. The highest BCUT2D eigenvalue weighted by molar-refractivity contribution is 5.89. The van der Waals surface area contributed by atoms with Gasteiger partial charge in [-0.1, -0.05) is 35.5 Å². The molecule has 0 bridgehead atoms. The molecular formula is C20H15N3O5. The van der Waals surface area contributed by atoms with Gasteiger partial charge in [0.2, 0.25) is 0 Å². The number of phenols is 1. The van der Waals surface area contributed by atoms with E-state index in [0.717, 1.165) is 5.56 Å². The Bertz CT molecular complexity index is 1100. The molecule has 0 radical (unpaired) electrons. The molecule has 4 rings (SSSR count). The van der Waals surface area contributed by atoms with Gasteiger partial charge in [-0.3, -0.25) is 0 Å². The van der Waals surface area contributed by atoms with Crippen LogP contribution in [0.1, 0.15) is 22.0 Å². The van der Waals surface area contributed by atoms with E-state index in [2.05, 4.69) is 15.4 Å². The van der Waals surface area contributed by atoms with Gasteiger partial charge in [-0.05, 0) is 31.2 Å². The quantitative estimate of drug-likeness (QED) is 0.523. The lowest BCUT2D eigenvalue weighted by atomic mass is 10.1. The molecule has 2 heterocycles. The number of carbonyl (C=O) groups excluding carboxylic acids is 1. The van der Waals surface area contributed by atoms with Crippen molar-refractivity contribution < 1.29 is 23.6 Å². The third kappa shape index (κ3) is 3.48. The number of carbonyl (C=O) groups is 1. The molecule has 8 heteroatoms. The lowest BCUT2D eigenvalue weighted by Crippen LogP contribution is -2.05. The molecule has 0 saturated carbocycles. The molecule has 140 valence electrons. The molecule has 0 saturated heterocycles. The summed E-state index contributed by atoms with van der Waals surface area (Å²) in [5, 5.41) is 21.3. The number of hydrogen-bond donors (Lipinski definition) is 1. The average molecular weight is 377 g/mol. The van der Waals surface area contributed by atoms with Gasteiger partial charge in [0.05, 0.1) is 5.56 Å². The summed E-state index contributed by atoms with van der Waals surface area (Å²) in [7, 11) is 0. The van der Waals surface area contributed by atoms with Gasteiger partial charge >= 0.3 is 5.97 Å². The van der Waals surface area contributed by atoms with E-state index in [0.29, 0.717) is 22.6 Å². The standard InChI is InChI=1S/C20H15N3O5/c1-12-17(18(23-28-12)13-5-3-2-4-6-13)19-22-21-16(27-19)11-26-20(25)14-7-9-15(24)10-8-14/h2-10,24H,11H2,1H3. The molecule has 2 aromatic carbocycles. The Morgan fingerprint density at radius 1 is 1.07 bits per heavy atom. The highest BCUT2D eigenvalue weighted by atomic mass is 16.5. The van der Waals surface area contributed by atoms with Crippen molar-refractivity contribution in [3.63, 3.8) is 0 Å². The summed E-state index contributed by atoms with van der Waals surface area (Å²) in [5.74, 6) is 0.410. The van der Waals surface area contributed by atoms with Gasteiger partial charge in [-0.15, -0.1) is 10.2 Å². The predicted octanol–water partition coefficient (Wildman–Crippen LogP) is 3.76. The van der Waals surface area contributed by atoms with E-state index in [1.165, 1.54) is 24.3 Å². The molecule has 1 N–H and O–H groups in total. The van der Waals surface area contributed by atoms with Gasteiger partial charge in [-0.2, -0.15) is 0 Å². The molecule has 0 unspecified atom stereocenters. The van der Waals surface area contributed by atoms with Crippen LogP contribution in [-0.2, 0) is 11.3 Å². The molecule has 0 aliphatic carbocycles. The number of esters is 1. The van der Waals surface area contributed by atoms with E-state index in [9.17, 15) is 9.90 Å². The van der Waals surface area contributed by atoms with E-state index in [4.69, 9.17) is 13.7 Å². The van der Waals surface area contributed by atoms with Crippen molar-refractivity contribution >= 4 is 5.97 Å². The maximum Gasteiger partial charge on any atom is 0.338 e. The number of aromatic hydroxyl groups is 1. The summed E-state index contributed by atoms with van der Waals surface area (Å²) in [6, 6.07) is 15.2. The van der Waals surface area contributed by atoms with Crippen molar-refractivity contribution in [3.05, 3.63) is 71.8 Å². The minimum Gasteiger partial charge on any atom is -0.508 e. The fourth-order valence-corrected chi connectivity index (χ4v) is 2.64. The summed E-state index contributed by atoms with van der Waals surface area (Å²) in [6.07, 6.45) is 0. The summed E-state index contributed by atoms with van der Waals surface area (Å²) in [4.78, 5) is 12.0. The summed E-state index contributed by atoms with van der Waals surface area (Å²) in [5.41, 5.74) is 2.34. The van der Waals surface area contributed by atoms with Crippen LogP contribution < -0.4 is 0 Å². The van der Waals surface area contributed by atoms with Crippen LogP contribution in [0, 0.1) is 6.92 Å². The number of aryl methyl sites for hydroxylation is 1. The first-order valence-electron chi connectivity index (χ1n) is 8.42. The fourth-order valence-electron chi connectivity index (χ4n) is 2.64. The zero-order valence-corrected chi connectivity index (χ0v) is 14.8. The van der Waals surface area contributed by atoms with Gasteiger partial charge in [0.1, 0.15) is 22.8 Å². The lowest BCUT2D eigenvalue weighted by molar-refractivity contribution is 0.0438. The van der Waals surface area contributed by atoms with Gasteiger partial charge in [0.25, 0.3) is 11.8 Å². The summed E-state index contributed by atoms with van der Waals surface area (Å²) in [6.45, 7) is 1.57. The number of hydrogen-bond acceptors (Lipinski definition) is 8. The van der Waals surface area contributed by atoms with E-state index in [1.807, 2.05) is 30.3 Å². The zero-order chi connectivity index (χ0) is 19.5. The normalized spacial score (nSPS) is 10.8. The Balaban J connectivity index is 1.52. The minimum atomic E-state index is -0.564. The Morgan fingerprint density at radius 3 is 2.57 bits per heavy atom. The van der Waals surface area contributed by atoms with Crippen LogP contribution in [0.2, 0.25) is 0 Å². The summed E-state index contributed by atoms with van der Waals surface area (Å²) < 4.78 is 16.1. The van der Waals surface area contributed by atoms with Crippen molar-refractivity contribution in [1.82, 2.24) is 15.4 Å². The monoisotopic (exact) mass is 377 g/mol. The van der Waals surface area contributed by atoms with Crippen molar-refractivity contribution in [3.8, 4) is 28.5 Å². The van der Waals surface area contributed by atoms with Crippen molar-refractivity contribution in [2.24, 2.45) is 0 Å². The maximum absolute atomic E-state index is 12.0. The Labute approximate surface area is 159 Å². The van der Waals surface area contributed by atoms with Crippen LogP contribution in [0.5, 0.6) is 5.75 Å². The molecule has 4 aromatic rings. The van der Waals surface area contributed by atoms with Crippen molar-refractivity contribution in [2.75, 3.05) is 0 Å². The van der Waals surface area contributed by atoms with Gasteiger partial charge in [0, 0.05) is 5.56 Å². The second-order valence-corrected chi connectivity index (χ2v) is 5.95. The Morgan fingerprint density at radius 2 is 1.82 bits per heavy atom. The van der Waals surface area contributed by atoms with E-state index >= 15 is 0 Å². The zero-order valence-electron chi connectivity index (χ0n) is 14.8. The number of rotatable bonds is 5. The van der Waals surface area contributed by atoms with Crippen LogP contribution in [-0.4, -0.2) is 26.4 Å². The third-order valence-corrected chi connectivity index (χ3v) is 4.02. The van der Waals surface area contributed by atoms with Crippen LogP contribution >= 0.6 is 0 Å². The van der Waals surface area contributed by atoms with Crippen molar-refractivity contribution in [2.45, 2.75) is 13.5 Å². The molecule has 0 fully saturated rings. The third-order valence-electron chi connectivity index (χ3n) is 4.02. The number of aromatic nitrogens is 3. The van der Waals surface area contributed by atoms with Crippen LogP contribution in [0.25, 0.3) is 22.7 Å². The molecule has 8 nitrogen and oxygen atoms in total. The number of nitrogens with zero attached hydrogens (tertiary/aromatic N) is 3. The van der Waals surface area contributed by atoms with Crippen LogP contribution in [0.4, 0.5) is 0 Å². The number of benzene rings is 2. The van der Waals surface area contributed by atoms with Crippen molar-refractivity contribution in [1.29, 1.82) is 0 Å². The Kier molecular flexibility index (Phi) is 4.59. The molecule has 0 amide bonds. The molecule has 28 heavy (non-hydrogen) atoms. The van der Waals surface area contributed by atoms with Gasteiger partial charge in [-0.25, -0.2) is 4.79 Å². The van der Waals surface area contributed by atoms with Crippen LogP contribution in [0.15, 0.2) is 63.5 Å². The van der Waals surface area contributed by atoms with Crippen LogP contribution in [0.3, 0.4) is 0 Å². The van der Waals surface area contributed by atoms with Gasteiger partial charge < -0.3 is 18.8 Å². The average Bonchev–Trinajstić information content (AvgIpc) is 3.33. The molecule has 0 aliphatic heterocycles. The summed E-state index contributed by atoms with van der Waals surface area (Å²) >= 11 is 0. The Hall–Kier alpha value is -3.94. The van der Waals surface area contributed by atoms with Gasteiger partial charge in [0.15, 0.2) is 6.61 Å². The van der Waals surface area contributed by atoms with E-state index in [1.54, 1.807) is 6.92 Å². The predicted molar refractivity (Wildman–Crippen MR) is 97.2 cm³/mol. The maximum atomic E-state index is 12.0. The highest BCUT2D eigenvalue weighted by Gasteiger charge is 2.22. The first-order chi connectivity index (χ1) is 13.6. The lowest BCUT2D eigenvalue weighted by Gasteiger charge is -2.02. The second-order valence-electron chi connectivity index (χ2n) is 5.95. The number of phenolic OH excluding ortho intramolecular Hbond substituents is 1. The highest BCUT2D eigenvalue weighted by Crippen LogP contribution is 2.33. The molecule has 0 atom stereocenters. The second kappa shape index (κ2) is 7.36. The molecule has 2 aromatic heterocycles. The topological polar surface area (TPSA) is 111 Å². The molecule has 0 spiro atoms.